The van der Waals surface area contributed by atoms with E-state index in [2.05, 4.69) is 39.5 Å². The van der Waals surface area contributed by atoms with Gasteiger partial charge in [0.25, 0.3) is 0 Å². The fraction of sp³-hybridized carbons (Fsp3) is 0.300. The van der Waals surface area contributed by atoms with Crippen LogP contribution in [0.25, 0.3) is 6.08 Å². The summed E-state index contributed by atoms with van der Waals surface area (Å²) in [4.78, 5) is 17.7. The normalized spacial score (nSPS) is 18.1. The van der Waals surface area contributed by atoms with Gasteiger partial charge in [-0.2, -0.15) is 0 Å². The molecule has 1 aromatic carbocycles. The number of anilines is 1. The second-order valence-electron chi connectivity index (χ2n) is 6.61. The van der Waals surface area contributed by atoms with Gasteiger partial charge in [-0.3, -0.25) is 14.9 Å². The number of nitrogens with one attached hydrogen (secondary N) is 2. The molecule has 0 unspecified atom stereocenters. The Kier molecular flexibility index (Phi) is 6.51. The van der Waals surface area contributed by atoms with Crippen LogP contribution in [0.15, 0.2) is 54.5 Å². The van der Waals surface area contributed by atoms with Gasteiger partial charge < -0.3 is 5.32 Å². The van der Waals surface area contributed by atoms with Crippen molar-refractivity contribution >= 4 is 17.8 Å². The van der Waals surface area contributed by atoms with Gasteiger partial charge in [-0.15, -0.1) is 0 Å². The molecular formula is C20H23FN4O2. The first kappa shape index (κ1) is 19.0. The number of amides is 1. The van der Waals surface area contributed by atoms with Gasteiger partial charge in [-0.1, -0.05) is 30.3 Å². The van der Waals surface area contributed by atoms with Gasteiger partial charge in [-0.25, -0.2) is 14.9 Å². The average Bonchev–Trinajstić information content (AvgIpc) is 2.70. The largest absolute Gasteiger partial charge is 0.366 e. The molecule has 0 radical (unpaired) electrons. The summed E-state index contributed by atoms with van der Waals surface area (Å²) in [5.41, 5.74) is 3.00. The molecule has 142 valence electrons. The molecule has 2 aromatic rings. The Labute approximate surface area is 157 Å². The molecule has 0 spiro atoms. The number of carbonyl (C=O) groups is 1. The first-order valence-electron chi connectivity index (χ1n) is 8.94. The van der Waals surface area contributed by atoms with Crippen LogP contribution < -0.4 is 10.8 Å². The number of halogens is 1. The van der Waals surface area contributed by atoms with Crippen LogP contribution in [0, 0.1) is 0 Å². The predicted octanol–water partition coefficient (Wildman–Crippen LogP) is 2.97. The Hall–Kier alpha value is -2.77. The Bertz CT molecular complexity index is 780. The first-order chi connectivity index (χ1) is 13.1. The van der Waals surface area contributed by atoms with E-state index in [1.54, 1.807) is 12.1 Å². The minimum absolute atomic E-state index is 0.299. The summed E-state index contributed by atoms with van der Waals surface area (Å²) in [6, 6.07) is 14.1. The number of rotatable bonds is 6. The van der Waals surface area contributed by atoms with Crippen LogP contribution in [0.4, 0.5) is 10.2 Å². The van der Waals surface area contributed by atoms with Crippen molar-refractivity contribution in [1.29, 1.82) is 0 Å². The molecule has 1 fully saturated rings. The Morgan fingerprint density at radius 3 is 2.81 bits per heavy atom. The monoisotopic (exact) mass is 370 g/mol. The van der Waals surface area contributed by atoms with E-state index in [-0.39, 0.29) is 0 Å². The fourth-order valence-corrected chi connectivity index (χ4v) is 3.21. The van der Waals surface area contributed by atoms with E-state index in [0.717, 1.165) is 38.6 Å². The molecule has 1 saturated heterocycles. The Balaban J connectivity index is 1.56. The van der Waals surface area contributed by atoms with Crippen LogP contribution in [-0.2, 0) is 11.3 Å². The molecule has 1 aliphatic heterocycles. The molecule has 6 nitrogen and oxygen atoms in total. The summed E-state index contributed by atoms with van der Waals surface area (Å²) in [5.74, 6) is -1.55. The van der Waals surface area contributed by atoms with Gasteiger partial charge in [0.1, 0.15) is 5.82 Å². The summed E-state index contributed by atoms with van der Waals surface area (Å²) in [7, 11) is 0. The number of hydrogen-bond donors (Lipinski definition) is 3. The molecule has 0 bridgehead atoms. The van der Waals surface area contributed by atoms with Gasteiger partial charge in [0.2, 0.25) is 0 Å². The Morgan fingerprint density at radius 1 is 1.30 bits per heavy atom. The van der Waals surface area contributed by atoms with Gasteiger partial charge in [0.15, 0.2) is 5.83 Å². The summed E-state index contributed by atoms with van der Waals surface area (Å²) >= 11 is 0. The van der Waals surface area contributed by atoms with Crippen LogP contribution >= 0.6 is 0 Å². The zero-order chi connectivity index (χ0) is 19.1. The first-order valence-corrected chi connectivity index (χ1v) is 8.94. The fourth-order valence-electron chi connectivity index (χ4n) is 3.21. The van der Waals surface area contributed by atoms with Crippen molar-refractivity contribution in [2.45, 2.75) is 25.4 Å². The SMILES string of the molecule is O=C(NO)/C(F)=C/c1ccc(N[C@@H]2CCCN(Cc3ccccc3)C2)nc1. The third-order valence-electron chi connectivity index (χ3n) is 4.50. The van der Waals surface area contributed by atoms with Crippen molar-refractivity contribution in [2.24, 2.45) is 0 Å². The summed E-state index contributed by atoms with van der Waals surface area (Å²) in [6.07, 6.45) is 4.69. The number of carbonyl (C=O) groups excluding carboxylic acids is 1. The van der Waals surface area contributed by atoms with E-state index < -0.39 is 11.7 Å². The molecule has 2 heterocycles. The molecule has 3 rings (SSSR count). The number of piperidine rings is 1. The number of nitrogens with zero attached hydrogens (tertiary/aromatic N) is 2. The Morgan fingerprint density at radius 2 is 2.11 bits per heavy atom. The van der Waals surface area contributed by atoms with Gasteiger partial charge in [-0.05, 0) is 48.7 Å². The second kappa shape index (κ2) is 9.25. The highest BCUT2D eigenvalue weighted by Gasteiger charge is 2.20. The van der Waals surface area contributed by atoms with Crippen LogP contribution in [0.3, 0.4) is 0 Å². The zero-order valence-corrected chi connectivity index (χ0v) is 14.9. The molecule has 0 aliphatic carbocycles. The van der Waals surface area contributed by atoms with E-state index in [4.69, 9.17) is 5.21 Å². The number of pyridine rings is 1. The van der Waals surface area contributed by atoms with Crippen molar-refractivity contribution in [2.75, 3.05) is 18.4 Å². The number of likely N-dealkylation sites (tertiary alicyclic amines) is 1. The molecule has 3 N–H and O–H groups in total. The molecular weight excluding hydrogens is 347 g/mol. The number of benzene rings is 1. The van der Waals surface area contributed by atoms with E-state index in [1.165, 1.54) is 17.2 Å². The smallest absolute Gasteiger partial charge is 0.303 e. The number of hydroxylamine groups is 1. The number of aromatic nitrogens is 1. The summed E-state index contributed by atoms with van der Waals surface area (Å²) in [5, 5.41) is 11.8. The highest BCUT2D eigenvalue weighted by molar-refractivity contribution is 5.94. The van der Waals surface area contributed by atoms with E-state index >= 15 is 0 Å². The average molecular weight is 370 g/mol. The van der Waals surface area contributed by atoms with E-state index in [1.807, 2.05) is 6.07 Å². The highest BCUT2D eigenvalue weighted by Crippen LogP contribution is 2.18. The second-order valence-corrected chi connectivity index (χ2v) is 6.61. The van der Waals surface area contributed by atoms with Gasteiger partial charge >= 0.3 is 5.91 Å². The molecule has 1 atom stereocenters. The van der Waals surface area contributed by atoms with Crippen LogP contribution in [0.2, 0.25) is 0 Å². The molecule has 7 heteroatoms. The lowest BCUT2D eigenvalue weighted by Gasteiger charge is -2.33. The molecule has 1 amide bonds. The van der Waals surface area contributed by atoms with Crippen LogP contribution in [0.1, 0.15) is 24.0 Å². The summed E-state index contributed by atoms with van der Waals surface area (Å²) < 4.78 is 13.4. The topological polar surface area (TPSA) is 77.5 Å². The minimum atomic E-state index is -1.18. The zero-order valence-electron chi connectivity index (χ0n) is 14.9. The third-order valence-corrected chi connectivity index (χ3v) is 4.50. The molecule has 1 aliphatic rings. The van der Waals surface area contributed by atoms with E-state index in [9.17, 15) is 9.18 Å². The lowest BCUT2D eigenvalue weighted by atomic mass is 10.0. The lowest BCUT2D eigenvalue weighted by Crippen LogP contribution is -2.41. The number of hydrogen-bond acceptors (Lipinski definition) is 5. The minimum Gasteiger partial charge on any atom is -0.366 e. The maximum Gasteiger partial charge on any atom is 0.303 e. The van der Waals surface area contributed by atoms with E-state index in [0.29, 0.717) is 17.4 Å². The molecule has 1 aromatic heterocycles. The highest BCUT2D eigenvalue weighted by atomic mass is 19.1. The lowest BCUT2D eigenvalue weighted by molar-refractivity contribution is -0.126. The third kappa shape index (κ3) is 5.60. The van der Waals surface area contributed by atoms with Crippen molar-refractivity contribution in [3.63, 3.8) is 0 Å². The maximum atomic E-state index is 13.4. The quantitative estimate of drug-likeness (QED) is 0.414. The van der Waals surface area contributed by atoms with Crippen LogP contribution in [-0.4, -0.2) is 40.1 Å². The van der Waals surface area contributed by atoms with Crippen LogP contribution in [0.5, 0.6) is 0 Å². The van der Waals surface area contributed by atoms with Gasteiger partial charge in [0.05, 0.1) is 0 Å². The molecule has 0 saturated carbocycles. The van der Waals surface area contributed by atoms with Crippen molar-refractivity contribution < 1.29 is 14.4 Å². The molecule has 27 heavy (non-hydrogen) atoms. The van der Waals surface area contributed by atoms with Crippen molar-refractivity contribution in [3.8, 4) is 0 Å². The van der Waals surface area contributed by atoms with Crippen molar-refractivity contribution in [1.82, 2.24) is 15.4 Å². The van der Waals surface area contributed by atoms with Crippen molar-refractivity contribution in [3.05, 3.63) is 65.6 Å². The predicted molar refractivity (Wildman–Crippen MR) is 102 cm³/mol. The standard InChI is InChI=1S/C20H23FN4O2/c21-18(20(26)24-27)11-16-8-9-19(22-12-16)23-17-7-4-10-25(14-17)13-15-5-2-1-3-6-15/h1-3,5-6,8-9,11-12,17,27H,4,7,10,13-14H2,(H,22,23)(H,24,26)/b18-11-/t17-/m1/s1. The van der Waals surface area contributed by atoms with Gasteiger partial charge in [0, 0.05) is 25.3 Å². The maximum absolute atomic E-state index is 13.4. The summed E-state index contributed by atoms with van der Waals surface area (Å²) in [6.45, 7) is 2.95.